The number of pyridine rings is 1. The number of nitrogens with zero attached hydrogens (tertiary/aromatic N) is 1. The second-order valence-electron chi connectivity index (χ2n) is 4.10. The number of aromatic carboxylic acids is 1. The van der Waals surface area contributed by atoms with Crippen molar-refractivity contribution in [2.45, 2.75) is 6.54 Å². The number of carboxylic acids is 1. The van der Waals surface area contributed by atoms with E-state index in [1.54, 1.807) is 18.2 Å². The Morgan fingerprint density at radius 1 is 1.25 bits per heavy atom. The summed E-state index contributed by atoms with van der Waals surface area (Å²) in [6, 6.07) is 4.88. The Morgan fingerprint density at radius 2 is 1.95 bits per heavy atom. The van der Waals surface area contributed by atoms with E-state index < -0.39 is 22.7 Å². The summed E-state index contributed by atoms with van der Waals surface area (Å²) in [5, 5.41) is 19.3. The maximum atomic E-state index is 11.4. The molecule has 0 spiro atoms. The van der Waals surface area contributed by atoms with Gasteiger partial charge in [0.2, 0.25) is 5.43 Å². The van der Waals surface area contributed by atoms with Crippen LogP contribution in [-0.2, 0) is 6.54 Å². The molecule has 0 saturated heterocycles. The third kappa shape index (κ3) is 2.95. The maximum absolute atomic E-state index is 11.4. The highest BCUT2D eigenvalue weighted by Crippen LogP contribution is 2.22. The molecule has 20 heavy (non-hydrogen) atoms. The zero-order chi connectivity index (χ0) is 14.9. The van der Waals surface area contributed by atoms with Crippen molar-refractivity contribution in [1.82, 2.24) is 4.57 Å². The molecule has 0 atom stereocenters. The number of halogens is 2. The average Bonchev–Trinajstić information content (AvgIpc) is 2.36. The molecule has 2 rings (SSSR count). The fourth-order valence-corrected chi connectivity index (χ4v) is 2.17. The minimum absolute atomic E-state index is 0.199. The number of aromatic nitrogens is 1. The predicted molar refractivity (Wildman–Crippen MR) is 74.9 cm³/mol. The number of rotatable bonds is 3. The minimum Gasteiger partial charge on any atom is -0.503 e. The highest BCUT2D eigenvalue weighted by molar-refractivity contribution is 6.35. The van der Waals surface area contributed by atoms with Gasteiger partial charge in [-0.25, -0.2) is 4.79 Å². The number of hydrogen-bond donors (Lipinski definition) is 2. The molecule has 0 bridgehead atoms. The van der Waals surface area contributed by atoms with Crippen LogP contribution in [0.3, 0.4) is 0 Å². The third-order valence-electron chi connectivity index (χ3n) is 2.66. The van der Waals surface area contributed by atoms with E-state index in [2.05, 4.69) is 0 Å². The SMILES string of the molecule is O=C(O)c1cn(Cc2ccc(Cl)cc2Cl)cc(O)c1=O. The van der Waals surface area contributed by atoms with Crippen LogP contribution in [0.2, 0.25) is 10.0 Å². The number of aromatic hydroxyl groups is 1. The molecule has 0 aliphatic rings. The van der Waals surface area contributed by atoms with Crippen LogP contribution >= 0.6 is 23.2 Å². The van der Waals surface area contributed by atoms with Gasteiger partial charge < -0.3 is 14.8 Å². The van der Waals surface area contributed by atoms with E-state index in [0.29, 0.717) is 15.6 Å². The first-order valence-corrected chi connectivity index (χ1v) is 6.24. The zero-order valence-electron chi connectivity index (χ0n) is 10.0. The summed E-state index contributed by atoms with van der Waals surface area (Å²) in [4.78, 5) is 22.4. The smallest absolute Gasteiger partial charge is 0.341 e. The first-order valence-electron chi connectivity index (χ1n) is 5.48. The van der Waals surface area contributed by atoms with Crippen LogP contribution in [0.5, 0.6) is 5.75 Å². The standard InChI is InChI=1S/C13H9Cl2NO4/c14-8-2-1-7(10(15)3-8)4-16-5-9(13(19)20)12(18)11(17)6-16/h1-3,5-6,17H,4H2,(H,19,20). The molecule has 1 heterocycles. The molecule has 5 nitrogen and oxygen atoms in total. The lowest BCUT2D eigenvalue weighted by atomic mass is 10.2. The normalized spacial score (nSPS) is 10.5. The number of carboxylic acid groups (broad SMARTS) is 1. The Labute approximate surface area is 123 Å². The minimum atomic E-state index is -1.40. The summed E-state index contributed by atoms with van der Waals surface area (Å²) < 4.78 is 1.37. The molecule has 2 aromatic rings. The number of benzene rings is 1. The van der Waals surface area contributed by atoms with Crippen molar-refractivity contribution in [2.75, 3.05) is 0 Å². The van der Waals surface area contributed by atoms with Gasteiger partial charge in [0.25, 0.3) is 0 Å². The van der Waals surface area contributed by atoms with Crippen molar-refractivity contribution in [3.8, 4) is 5.75 Å². The monoisotopic (exact) mass is 313 g/mol. The van der Waals surface area contributed by atoms with Gasteiger partial charge in [0.15, 0.2) is 5.75 Å². The topological polar surface area (TPSA) is 79.5 Å². The Bertz CT molecular complexity index is 740. The largest absolute Gasteiger partial charge is 0.503 e. The van der Waals surface area contributed by atoms with E-state index in [9.17, 15) is 14.7 Å². The van der Waals surface area contributed by atoms with Crippen LogP contribution < -0.4 is 5.43 Å². The second kappa shape index (κ2) is 5.56. The van der Waals surface area contributed by atoms with Crippen molar-refractivity contribution < 1.29 is 15.0 Å². The van der Waals surface area contributed by atoms with Gasteiger partial charge in [-0.3, -0.25) is 4.79 Å². The summed E-state index contributed by atoms with van der Waals surface area (Å²) in [6.45, 7) is 0.199. The molecule has 0 aliphatic carbocycles. The van der Waals surface area contributed by atoms with Gasteiger partial charge in [-0.15, -0.1) is 0 Å². The Morgan fingerprint density at radius 3 is 2.55 bits per heavy atom. The van der Waals surface area contributed by atoms with Crippen molar-refractivity contribution in [2.24, 2.45) is 0 Å². The van der Waals surface area contributed by atoms with Gasteiger partial charge in [0.1, 0.15) is 5.56 Å². The van der Waals surface area contributed by atoms with Crippen LogP contribution in [0.15, 0.2) is 35.4 Å². The second-order valence-corrected chi connectivity index (χ2v) is 4.94. The third-order valence-corrected chi connectivity index (χ3v) is 3.25. The molecule has 1 aromatic heterocycles. The molecule has 0 aliphatic heterocycles. The Hall–Kier alpha value is -1.98. The van der Waals surface area contributed by atoms with Gasteiger partial charge in [0, 0.05) is 22.8 Å². The lowest BCUT2D eigenvalue weighted by Crippen LogP contribution is -2.17. The van der Waals surface area contributed by atoms with Crippen LogP contribution in [0.4, 0.5) is 0 Å². The van der Waals surface area contributed by atoms with E-state index in [-0.39, 0.29) is 6.54 Å². The van der Waals surface area contributed by atoms with Crippen LogP contribution in [0.25, 0.3) is 0 Å². The first kappa shape index (κ1) is 14.4. The van der Waals surface area contributed by atoms with Gasteiger partial charge in [-0.05, 0) is 17.7 Å². The molecule has 0 amide bonds. The van der Waals surface area contributed by atoms with Crippen LogP contribution in [0.1, 0.15) is 15.9 Å². The molecule has 1 aromatic carbocycles. The Balaban J connectivity index is 2.44. The Kier molecular flexibility index (Phi) is 4.01. The molecule has 104 valence electrons. The zero-order valence-corrected chi connectivity index (χ0v) is 11.5. The van der Waals surface area contributed by atoms with Crippen molar-refractivity contribution in [1.29, 1.82) is 0 Å². The number of hydrogen-bond acceptors (Lipinski definition) is 3. The molecule has 0 saturated carbocycles. The molecule has 7 heteroatoms. The van der Waals surface area contributed by atoms with Crippen LogP contribution in [-0.4, -0.2) is 20.7 Å². The highest BCUT2D eigenvalue weighted by atomic mass is 35.5. The quantitative estimate of drug-likeness (QED) is 0.912. The molecule has 0 radical (unpaired) electrons. The van der Waals surface area contributed by atoms with E-state index in [1.165, 1.54) is 4.57 Å². The summed E-state index contributed by atoms with van der Waals surface area (Å²) >= 11 is 11.8. The highest BCUT2D eigenvalue weighted by Gasteiger charge is 2.13. The van der Waals surface area contributed by atoms with Gasteiger partial charge in [-0.1, -0.05) is 29.3 Å². The molecule has 0 fully saturated rings. The molecule has 2 N–H and O–H groups in total. The maximum Gasteiger partial charge on any atom is 0.341 e. The van der Waals surface area contributed by atoms with Crippen LogP contribution in [0, 0.1) is 0 Å². The molecular formula is C13H9Cl2NO4. The fourth-order valence-electron chi connectivity index (χ4n) is 1.71. The summed E-state index contributed by atoms with van der Waals surface area (Å²) in [5.41, 5.74) is -0.749. The van der Waals surface area contributed by atoms with E-state index in [4.69, 9.17) is 28.3 Å². The molecular weight excluding hydrogens is 305 g/mol. The van der Waals surface area contributed by atoms with Gasteiger partial charge >= 0.3 is 5.97 Å². The average molecular weight is 314 g/mol. The predicted octanol–water partition coefficient (Wildman–Crippen LogP) is 2.61. The first-order chi connectivity index (χ1) is 9.38. The lowest BCUT2D eigenvalue weighted by molar-refractivity contribution is 0.0694. The summed E-state index contributed by atoms with van der Waals surface area (Å²) in [7, 11) is 0. The summed E-state index contributed by atoms with van der Waals surface area (Å²) in [5.74, 6) is -2.03. The van der Waals surface area contributed by atoms with Crippen molar-refractivity contribution in [3.63, 3.8) is 0 Å². The van der Waals surface area contributed by atoms with E-state index in [0.717, 1.165) is 12.4 Å². The van der Waals surface area contributed by atoms with Crippen molar-refractivity contribution >= 4 is 29.2 Å². The van der Waals surface area contributed by atoms with Crippen molar-refractivity contribution in [3.05, 3.63) is 62.0 Å². The van der Waals surface area contributed by atoms with Gasteiger partial charge in [-0.2, -0.15) is 0 Å². The number of carbonyl (C=O) groups is 1. The van der Waals surface area contributed by atoms with Gasteiger partial charge in [0.05, 0.1) is 6.20 Å². The fraction of sp³-hybridized carbons (Fsp3) is 0.0769. The molecule has 0 unspecified atom stereocenters. The van der Waals surface area contributed by atoms with E-state index >= 15 is 0 Å². The summed E-state index contributed by atoms with van der Waals surface area (Å²) in [6.07, 6.45) is 2.30. The van der Waals surface area contributed by atoms with E-state index in [1.807, 2.05) is 0 Å². The lowest BCUT2D eigenvalue weighted by Gasteiger charge is -2.10.